The van der Waals surface area contributed by atoms with Gasteiger partial charge in [-0.1, -0.05) is 36.0 Å². The van der Waals surface area contributed by atoms with Gasteiger partial charge in [-0.3, -0.25) is 14.7 Å². The van der Waals surface area contributed by atoms with Crippen LogP contribution in [-0.2, 0) is 14.8 Å². The Kier molecular flexibility index (Phi) is 7.20. The number of sulfonamides is 1. The van der Waals surface area contributed by atoms with Gasteiger partial charge in [-0.15, -0.1) is 10.2 Å². The Morgan fingerprint density at radius 2 is 1.82 bits per heavy atom. The molecule has 3 rings (SSSR count). The molecule has 0 aliphatic heterocycles. The van der Waals surface area contributed by atoms with E-state index in [0.717, 1.165) is 27.3 Å². The van der Waals surface area contributed by atoms with Gasteiger partial charge in [0.05, 0.1) is 10.1 Å². The second-order valence-electron chi connectivity index (χ2n) is 7.41. The topological polar surface area (TPSA) is 140 Å². The molecule has 1 heterocycles. The summed E-state index contributed by atoms with van der Waals surface area (Å²) in [6.07, 6.45) is 0. The summed E-state index contributed by atoms with van der Waals surface area (Å²) in [7, 11) is -0.727. The highest BCUT2D eigenvalue weighted by Gasteiger charge is 2.24. The summed E-state index contributed by atoms with van der Waals surface area (Å²) in [5.74, 6) is -0.159. The molecule has 0 aliphatic rings. The van der Waals surface area contributed by atoms with E-state index in [-0.39, 0.29) is 4.90 Å². The summed E-state index contributed by atoms with van der Waals surface area (Å²) in [5.41, 5.74) is 7.31. The number of benzene rings is 2. The van der Waals surface area contributed by atoms with E-state index in [9.17, 15) is 18.0 Å². The molecule has 3 N–H and O–H groups in total. The Bertz CT molecular complexity index is 1300. The first-order chi connectivity index (χ1) is 15.5. The van der Waals surface area contributed by atoms with Crippen LogP contribution in [0.1, 0.15) is 12.5 Å². The number of hydrogen-bond donors (Lipinski definition) is 2. The van der Waals surface area contributed by atoms with E-state index < -0.39 is 27.2 Å². The smallest absolute Gasteiger partial charge is 0.318 e. The summed E-state index contributed by atoms with van der Waals surface area (Å²) < 4.78 is 28.1. The van der Waals surface area contributed by atoms with E-state index in [1.807, 2.05) is 31.2 Å². The normalized spacial score (nSPS) is 12.5. The largest absolute Gasteiger partial charge is 0.351 e. The van der Waals surface area contributed by atoms with E-state index in [2.05, 4.69) is 15.5 Å². The molecule has 0 spiro atoms. The van der Waals surface area contributed by atoms with Crippen molar-refractivity contribution in [2.24, 2.45) is 5.73 Å². The quantitative estimate of drug-likeness (QED) is 0.486. The molecule has 12 heteroatoms. The SMILES string of the molecule is Cc1cccc(-n2c(S[C@H](C)C(=O)NC(N)=O)nnc2-c2cccc(S(=O)(=O)N(C)C)c2)c1. The number of aryl methyl sites for hydroxylation is 1. The number of hydrogen-bond acceptors (Lipinski definition) is 7. The van der Waals surface area contributed by atoms with Crippen molar-refractivity contribution < 1.29 is 18.0 Å². The van der Waals surface area contributed by atoms with Crippen LogP contribution in [0.3, 0.4) is 0 Å². The minimum Gasteiger partial charge on any atom is -0.351 e. The van der Waals surface area contributed by atoms with Crippen LogP contribution in [-0.4, -0.2) is 58.8 Å². The van der Waals surface area contributed by atoms with E-state index in [1.165, 1.54) is 26.2 Å². The summed E-state index contributed by atoms with van der Waals surface area (Å²) in [4.78, 5) is 23.3. The molecule has 1 atom stereocenters. The predicted octanol–water partition coefficient (Wildman–Crippen LogP) is 2.17. The average molecular weight is 489 g/mol. The van der Waals surface area contributed by atoms with Gasteiger partial charge >= 0.3 is 6.03 Å². The first-order valence-electron chi connectivity index (χ1n) is 9.83. The van der Waals surface area contributed by atoms with Gasteiger partial charge in [0.25, 0.3) is 0 Å². The zero-order valence-corrected chi connectivity index (χ0v) is 20.1. The third kappa shape index (κ3) is 5.41. The Hall–Kier alpha value is -3.22. The lowest BCUT2D eigenvalue weighted by molar-refractivity contribution is -0.119. The van der Waals surface area contributed by atoms with Gasteiger partial charge in [-0.2, -0.15) is 0 Å². The Balaban J connectivity index is 2.12. The number of urea groups is 1. The van der Waals surface area contributed by atoms with Crippen LogP contribution in [0.2, 0.25) is 0 Å². The van der Waals surface area contributed by atoms with Crippen LogP contribution in [0.4, 0.5) is 4.79 Å². The average Bonchev–Trinajstić information content (AvgIpc) is 3.16. The molecule has 0 aliphatic carbocycles. The number of thioether (sulfide) groups is 1. The van der Waals surface area contributed by atoms with E-state index in [4.69, 9.17) is 5.73 Å². The molecular formula is C21H24N6O4S2. The molecule has 33 heavy (non-hydrogen) atoms. The Morgan fingerprint density at radius 3 is 2.45 bits per heavy atom. The van der Waals surface area contributed by atoms with Gasteiger partial charge in [0.15, 0.2) is 11.0 Å². The number of nitrogens with two attached hydrogens (primary N) is 1. The predicted molar refractivity (Wildman–Crippen MR) is 125 cm³/mol. The molecule has 10 nitrogen and oxygen atoms in total. The monoisotopic (exact) mass is 488 g/mol. The molecule has 0 saturated carbocycles. The van der Waals surface area contributed by atoms with Crippen LogP contribution in [0.5, 0.6) is 0 Å². The minimum absolute atomic E-state index is 0.118. The molecule has 3 amide bonds. The zero-order chi connectivity index (χ0) is 24.3. The van der Waals surface area contributed by atoms with Gasteiger partial charge < -0.3 is 5.73 Å². The second-order valence-corrected chi connectivity index (χ2v) is 10.9. The van der Waals surface area contributed by atoms with E-state index in [1.54, 1.807) is 23.6 Å². The lowest BCUT2D eigenvalue weighted by Crippen LogP contribution is -2.39. The number of carbonyl (C=O) groups excluding carboxylic acids is 2. The number of aromatic nitrogens is 3. The van der Waals surface area contributed by atoms with Gasteiger partial charge in [0.2, 0.25) is 15.9 Å². The number of amides is 3. The summed E-state index contributed by atoms with van der Waals surface area (Å²) in [6, 6.07) is 13.1. The molecule has 0 saturated heterocycles. The molecule has 0 radical (unpaired) electrons. The zero-order valence-electron chi connectivity index (χ0n) is 18.5. The molecule has 2 aromatic carbocycles. The lowest BCUT2D eigenvalue weighted by Gasteiger charge is -2.15. The first-order valence-corrected chi connectivity index (χ1v) is 12.1. The minimum atomic E-state index is -3.65. The molecule has 0 bridgehead atoms. The van der Waals surface area contributed by atoms with Crippen molar-refractivity contribution in [3.63, 3.8) is 0 Å². The Morgan fingerprint density at radius 1 is 1.12 bits per heavy atom. The molecule has 0 unspecified atom stereocenters. The van der Waals surface area contributed by atoms with Crippen LogP contribution >= 0.6 is 11.8 Å². The number of rotatable bonds is 7. The van der Waals surface area contributed by atoms with Crippen molar-refractivity contribution in [1.29, 1.82) is 0 Å². The fraction of sp³-hybridized carbons (Fsp3) is 0.238. The van der Waals surface area contributed by atoms with Gasteiger partial charge in [0.1, 0.15) is 0 Å². The third-order valence-electron chi connectivity index (χ3n) is 4.66. The second kappa shape index (κ2) is 9.73. The standard InChI is InChI=1S/C21H24N6O4S2/c1-13-7-5-9-16(11-13)27-18(15-8-6-10-17(12-15)33(30,31)26(3)4)24-25-21(27)32-14(2)19(28)23-20(22)29/h5-12,14H,1-4H3,(H3,22,23,28,29)/t14-/m1/s1. The van der Waals surface area contributed by atoms with Crippen LogP contribution in [0.25, 0.3) is 17.1 Å². The van der Waals surface area contributed by atoms with Crippen molar-refractivity contribution in [2.75, 3.05) is 14.1 Å². The van der Waals surface area contributed by atoms with Crippen molar-refractivity contribution in [3.8, 4) is 17.1 Å². The van der Waals surface area contributed by atoms with Crippen LogP contribution in [0.15, 0.2) is 58.6 Å². The van der Waals surface area contributed by atoms with Gasteiger partial charge in [-0.25, -0.2) is 17.5 Å². The number of nitrogens with zero attached hydrogens (tertiary/aromatic N) is 4. The van der Waals surface area contributed by atoms with E-state index >= 15 is 0 Å². The van der Waals surface area contributed by atoms with Crippen molar-refractivity contribution in [2.45, 2.75) is 29.1 Å². The van der Waals surface area contributed by atoms with Crippen molar-refractivity contribution in [1.82, 2.24) is 24.4 Å². The van der Waals surface area contributed by atoms with Gasteiger partial charge in [-0.05, 0) is 43.7 Å². The van der Waals surface area contributed by atoms with Crippen LogP contribution < -0.4 is 11.1 Å². The molecule has 0 fully saturated rings. The number of primary amides is 1. The summed E-state index contributed by atoms with van der Waals surface area (Å²) in [6.45, 7) is 3.55. The number of nitrogens with one attached hydrogen (secondary N) is 1. The van der Waals surface area contributed by atoms with Crippen molar-refractivity contribution in [3.05, 3.63) is 54.1 Å². The molecule has 174 valence electrons. The third-order valence-corrected chi connectivity index (χ3v) is 7.52. The highest BCUT2D eigenvalue weighted by Crippen LogP contribution is 2.31. The number of carbonyl (C=O) groups is 2. The Labute approximate surface area is 196 Å². The molecule has 1 aromatic heterocycles. The van der Waals surface area contributed by atoms with E-state index in [0.29, 0.717) is 16.5 Å². The van der Waals surface area contributed by atoms with Crippen LogP contribution in [0, 0.1) is 6.92 Å². The maximum atomic E-state index is 12.6. The maximum Gasteiger partial charge on any atom is 0.318 e. The summed E-state index contributed by atoms with van der Waals surface area (Å²) in [5, 5.41) is 10.3. The summed E-state index contributed by atoms with van der Waals surface area (Å²) >= 11 is 1.09. The first kappa shape index (κ1) is 24.4. The highest BCUT2D eigenvalue weighted by atomic mass is 32.2. The van der Waals surface area contributed by atoms with Gasteiger partial charge in [0, 0.05) is 25.3 Å². The lowest BCUT2D eigenvalue weighted by atomic mass is 10.2. The van der Waals surface area contributed by atoms with Crippen molar-refractivity contribution >= 4 is 33.7 Å². The molecular weight excluding hydrogens is 464 g/mol. The number of imide groups is 1. The maximum absolute atomic E-state index is 12.6. The highest BCUT2D eigenvalue weighted by molar-refractivity contribution is 8.00. The fourth-order valence-corrected chi connectivity index (χ4v) is 4.79. The fourth-order valence-electron chi connectivity index (χ4n) is 2.97. The molecule has 3 aromatic rings.